The smallest absolute Gasteiger partial charge is 0.416 e. The van der Waals surface area contributed by atoms with Gasteiger partial charge >= 0.3 is 6.18 Å². The van der Waals surface area contributed by atoms with Gasteiger partial charge in [0.2, 0.25) is 0 Å². The van der Waals surface area contributed by atoms with E-state index < -0.39 is 23.4 Å². The third kappa shape index (κ3) is 4.49. The molecule has 278 valence electrons. The zero-order valence-corrected chi connectivity index (χ0v) is 30.0. The molecule has 0 radical (unpaired) electrons. The molecule has 0 aliphatic heterocycles. The molecule has 0 aliphatic rings. The number of nitrogens with zero attached hydrogens (tertiary/aromatic N) is 2. The largest absolute Gasteiger partial charge is 0.456 e. The van der Waals surface area contributed by atoms with Crippen molar-refractivity contribution in [1.29, 1.82) is 0 Å². The summed E-state index contributed by atoms with van der Waals surface area (Å²) in [7, 11) is 0. The summed E-state index contributed by atoms with van der Waals surface area (Å²) < 4.78 is 94.2. The molecule has 9 heteroatoms. The Hall–Kier alpha value is -7.39. The molecule has 12 rings (SSSR count). The van der Waals surface area contributed by atoms with Crippen LogP contribution in [0.15, 0.2) is 160 Å². The van der Waals surface area contributed by atoms with E-state index in [1.165, 1.54) is 12.1 Å². The molecule has 4 heterocycles. The van der Waals surface area contributed by atoms with Crippen molar-refractivity contribution in [3.63, 3.8) is 0 Å². The lowest BCUT2D eigenvalue weighted by Crippen LogP contribution is -2.11. The second-order valence-electron chi connectivity index (χ2n) is 14.6. The van der Waals surface area contributed by atoms with Crippen LogP contribution < -0.4 is 0 Å². The number of hydrogen-bond acceptors (Lipinski definition) is 2. The molecule has 0 aliphatic carbocycles. The summed E-state index contributed by atoms with van der Waals surface area (Å²) in [6.45, 7) is 0. The van der Waals surface area contributed by atoms with Gasteiger partial charge in [0, 0.05) is 43.9 Å². The highest BCUT2D eigenvalue weighted by atomic mass is 19.4. The fourth-order valence-electron chi connectivity index (χ4n) is 9.15. The Morgan fingerprint density at radius 2 is 0.845 bits per heavy atom. The number of fused-ring (bicyclic) bond motifs is 14. The molecular weight excluding hydrogens is 744 g/mol. The Morgan fingerprint density at radius 3 is 1.31 bits per heavy atom. The van der Waals surface area contributed by atoms with Crippen LogP contribution >= 0.6 is 0 Å². The van der Waals surface area contributed by atoms with Crippen LogP contribution in [-0.2, 0) is 6.18 Å². The third-order valence-corrected chi connectivity index (χ3v) is 11.4. The number of hydrogen-bond donors (Lipinski definition) is 0. The number of alkyl halides is 3. The van der Waals surface area contributed by atoms with Crippen molar-refractivity contribution >= 4 is 87.5 Å². The van der Waals surface area contributed by atoms with Crippen molar-refractivity contribution in [2.45, 2.75) is 6.18 Å². The van der Waals surface area contributed by atoms with Gasteiger partial charge in [-0.1, -0.05) is 72.8 Å². The topological polar surface area (TPSA) is 36.1 Å². The molecule has 0 saturated carbocycles. The van der Waals surface area contributed by atoms with Gasteiger partial charge in [-0.3, -0.25) is 0 Å². The summed E-state index contributed by atoms with van der Waals surface area (Å²) in [5.74, 6) is -1.75. The lowest BCUT2D eigenvalue weighted by Gasteiger charge is -2.23. The molecule has 4 aromatic heterocycles. The van der Waals surface area contributed by atoms with Crippen LogP contribution in [0, 0.1) is 11.6 Å². The van der Waals surface area contributed by atoms with Crippen LogP contribution in [0.2, 0.25) is 0 Å². The predicted octanol–water partition coefficient (Wildman–Crippen LogP) is 14.6. The minimum atomic E-state index is -4.83. The van der Waals surface area contributed by atoms with E-state index in [4.69, 9.17) is 8.83 Å². The van der Waals surface area contributed by atoms with Crippen molar-refractivity contribution in [2.24, 2.45) is 0 Å². The molecule has 0 unspecified atom stereocenters. The van der Waals surface area contributed by atoms with Crippen molar-refractivity contribution in [3.05, 3.63) is 169 Å². The van der Waals surface area contributed by atoms with Crippen molar-refractivity contribution in [2.75, 3.05) is 0 Å². The van der Waals surface area contributed by atoms with E-state index in [1.54, 1.807) is 9.13 Å². The SMILES string of the molecule is Fc1cc(F)cc(-c2c(-n3c4ccccc4c4ccc5oc6ccccc6c5c43)cc(C(F)(F)F)cc2-n2c3ccccc3c3ccc4oc5ccccc5c4c32)c1. The molecule has 0 amide bonds. The average molecular weight is 769 g/mol. The Balaban J connectivity index is 1.36. The molecule has 12 aromatic rings. The van der Waals surface area contributed by atoms with Crippen LogP contribution in [0.1, 0.15) is 5.56 Å². The fourth-order valence-corrected chi connectivity index (χ4v) is 9.15. The third-order valence-electron chi connectivity index (χ3n) is 11.4. The number of halogens is 5. The van der Waals surface area contributed by atoms with E-state index in [1.807, 2.05) is 121 Å². The summed E-state index contributed by atoms with van der Waals surface area (Å²) in [6.07, 6.45) is -4.83. The van der Waals surface area contributed by atoms with Crippen LogP contribution in [0.5, 0.6) is 0 Å². The minimum Gasteiger partial charge on any atom is -0.456 e. The fraction of sp³-hybridized carbons (Fsp3) is 0.0204. The zero-order valence-electron chi connectivity index (χ0n) is 30.0. The summed E-state index contributed by atoms with van der Waals surface area (Å²) in [5, 5.41) is 6.04. The van der Waals surface area contributed by atoms with Crippen LogP contribution in [0.3, 0.4) is 0 Å². The first kappa shape index (κ1) is 32.8. The maximum atomic E-state index is 15.6. The Bertz CT molecular complexity index is 3480. The molecule has 0 bridgehead atoms. The normalized spacial score (nSPS) is 12.6. The number of furan rings is 2. The first-order valence-electron chi connectivity index (χ1n) is 18.6. The van der Waals surface area contributed by atoms with E-state index in [0.717, 1.165) is 50.5 Å². The number of aromatic nitrogens is 2. The van der Waals surface area contributed by atoms with E-state index in [2.05, 4.69) is 0 Å². The zero-order chi connectivity index (χ0) is 39.0. The standard InChI is InChI=1S/C49H25F5N2O2/c50-28-21-26(22-29(51)25-28)44-38(55-36-13-5-1-9-30(36)32-17-19-42-45(47(32)55)34-11-3-7-15-40(34)57-42)23-27(49(52,53)54)24-39(44)56-37-14-6-2-10-31(37)33-18-20-43-46(48(33)56)35-12-4-8-16-41(35)58-43/h1-25H. The first-order chi connectivity index (χ1) is 28.2. The van der Waals surface area contributed by atoms with Gasteiger partial charge in [-0.2, -0.15) is 13.2 Å². The lowest BCUT2D eigenvalue weighted by atomic mass is 9.97. The number of rotatable bonds is 3. The van der Waals surface area contributed by atoms with Gasteiger partial charge in [-0.05, 0) is 78.4 Å². The van der Waals surface area contributed by atoms with Crippen LogP contribution in [0.4, 0.5) is 22.0 Å². The maximum absolute atomic E-state index is 15.6. The van der Waals surface area contributed by atoms with E-state index >= 15 is 22.0 Å². The Labute approximate surface area is 324 Å². The van der Waals surface area contributed by atoms with Crippen molar-refractivity contribution in [3.8, 4) is 22.5 Å². The highest BCUT2D eigenvalue weighted by Gasteiger charge is 2.35. The average Bonchev–Trinajstić information content (AvgIpc) is 3.97. The van der Waals surface area contributed by atoms with Gasteiger partial charge < -0.3 is 18.0 Å². The van der Waals surface area contributed by atoms with E-state index in [-0.39, 0.29) is 22.5 Å². The Kier molecular flexibility index (Phi) is 6.55. The molecule has 0 fully saturated rings. The highest BCUT2D eigenvalue weighted by molar-refractivity contribution is 6.26. The number of para-hydroxylation sites is 4. The number of benzene rings is 8. The van der Waals surface area contributed by atoms with Gasteiger partial charge in [0.15, 0.2) is 0 Å². The molecular formula is C49H25F5N2O2. The second-order valence-corrected chi connectivity index (χ2v) is 14.6. The first-order valence-corrected chi connectivity index (χ1v) is 18.6. The predicted molar refractivity (Wildman–Crippen MR) is 220 cm³/mol. The van der Waals surface area contributed by atoms with Crippen molar-refractivity contribution in [1.82, 2.24) is 9.13 Å². The molecule has 4 nitrogen and oxygen atoms in total. The van der Waals surface area contributed by atoms with Gasteiger partial charge in [0.25, 0.3) is 0 Å². The van der Waals surface area contributed by atoms with Gasteiger partial charge in [0.1, 0.15) is 34.0 Å². The monoisotopic (exact) mass is 768 g/mol. The van der Waals surface area contributed by atoms with Crippen LogP contribution in [0.25, 0.3) is 110 Å². The molecule has 58 heavy (non-hydrogen) atoms. The van der Waals surface area contributed by atoms with Crippen LogP contribution in [-0.4, -0.2) is 9.13 Å². The summed E-state index contributed by atoms with van der Waals surface area (Å²) in [6, 6.07) is 42.8. The van der Waals surface area contributed by atoms with E-state index in [9.17, 15) is 0 Å². The van der Waals surface area contributed by atoms with Gasteiger partial charge in [0.05, 0.1) is 49.8 Å². The maximum Gasteiger partial charge on any atom is 0.416 e. The van der Waals surface area contributed by atoms with Gasteiger partial charge in [-0.25, -0.2) is 8.78 Å². The quantitative estimate of drug-likeness (QED) is 0.168. The molecule has 8 aromatic carbocycles. The molecule has 0 spiro atoms. The summed E-state index contributed by atoms with van der Waals surface area (Å²) in [4.78, 5) is 0. The lowest BCUT2D eigenvalue weighted by molar-refractivity contribution is -0.137. The summed E-state index contributed by atoms with van der Waals surface area (Å²) >= 11 is 0. The van der Waals surface area contributed by atoms with Gasteiger partial charge in [-0.15, -0.1) is 0 Å². The highest BCUT2D eigenvalue weighted by Crippen LogP contribution is 2.49. The molecule has 0 atom stereocenters. The van der Waals surface area contributed by atoms with E-state index in [0.29, 0.717) is 55.2 Å². The van der Waals surface area contributed by atoms with Crippen molar-refractivity contribution < 1.29 is 30.8 Å². The minimum absolute atomic E-state index is 0.0570. The Morgan fingerprint density at radius 1 is 0.414 bits per heavy atom. The molecule has 0 N–H and O–H groups in total. The second kappa shape index (κ2) is 11.6. The summed E-state index contributed by atoms with van der Waals surface area (Å²) in [5.41, 5.74) is 4.16. The molecule has 0 saturated heterocycles.